The number of nitrogens with zero attached hydrogens (tertiary/aromatic N) is 2. The van der Waals surface area contributed by atoms with Crippen molar-refractivity contribution in [2.24, 2.45) is 0 Å². The molecule has 0 saturated carbocycles. The summed E-state index contributed by atoms with van der Waals surface area (Å²) in [6.07, 6.45) is 0. The van der Waals surface area contributed by atoms with Crippen molar-refractivity contribution in [3.63, 3.8) is 0 Å². The van der Waals surface area contributed by atoms with Crippen LogP contribution in [0.5, 0.6) is 103 Å². The Hall–Kier alpha value is -16.9. The Morgan fingerprint density at radius 3 is 0.597 bits per heavy atom. The molecule has 0 radical (unpaired) electrons. The van der Waals surface area contributed by atoms with Crippen LogP contribution >= 0.6 is 39.1 Å². The molecule has 0 aliphatic heterocycles. The summed E-state index contributed by atoms with van der Waals surface area (Å²) in [6, 6.07) is 95.2. The van der Waals surface area contributed by atoms with Gasteiger partial charge in [0.1, 0.15) is 74.9 Å². The molecular formula is C119H87BrCl2F16N2O9. The van der Waals surface area contributed by atoms with Gasteiger partial charge < -0.3 is 42.6 Å². The highest BCUT2D eigenvalue weighted by Crippen LogP contribution is 2.38. The second-order valence-electron chi connectivity index (χ2n) is 32.1. The second kappa shape index (κ2) is 56.5. The molecule has 0 unspecified atom stereocenters. The van der Waals surface area contributed by atoms with Crippen molar-refractivity contribution in [1.82, 2.24) is 0 Å². The molecule has 0 fully saturated rings. The van der Waals surface area contributed by atoms with E-state index in [1.54, 1.807) is 217 Å². The summed E-state index contributed by atoms with van der Waals surface area (Å²) in [7, 11) is 0. The first-order valence-electron chi connectivity index (χ1n) is 44.5. The molecule has 149 heavy (non-hydrogen) atoms. The molecule has 18 aromatic rings. The zero-order chi connectivity index (χ0) is 108. The van der Waals surface area contributed by atoms with Gasteiger partial charge >= 0.3 is 0 Å². The third-order valence-electron chi connectivity index (χ3n) is 19.6. The number of para-hydroxylation sites is 1. The van der Waals surface area contributed by atoms with Crippen LogP contribution in [0.1, 0.15) is 61.2 Å². The molecule has 0 bridgehead atoms. The smallest absolute Gasteiger partial charge is 0.198 e. The van der Waals surface area contributed by atoms with Crippen LogP contribution in [0, 0.1) is 178 Å². The highest BCUT2D eigenvalue weighted by atomic mass is 79.9. The van der Waals surface area contributed by atoms with Crippen LogP contribution in [-0.2, 0) is 0 Å². The molecule has 0 spiro atoms. The van der Waals surface area contributed by atoms with Gasteiger partial charge in [-0.25, -0.2) is 70.2 Å². The van der Waals surface area contributed by atoms with E-state index < -0.39 is 92.9 Å². The van der Waals surface area contributed by atoms with E-state index in [-0.39, 0.29) is 57.7 Å². The fourth-order valence-corrected chi connectivity index (χ4v) is 12.9. The van der Waals surface area contributed by atoms with Crippen LogP contribution < -0.4 is 42.6 Å². The summed E-state index contributed by atoms with van der Waals surface area (Å²) in [6.45, 7) is 15.5. The third-order valence-corrected chi connectivity index (χ3v) is 20.6. The van der Waals surface area contributed by atoms with Gasteiger partial charge in [0.2, 0.25) is 0 Å². The van der Waals surface area contributed by atoms with Crippen LogP contribution in [0.2, 0.25) is 10.0 Å². The average Bonchev–Trinajstić information content (AvgIpc) is 0.849. The van der Waals surface area contributed by atoms with Gasteiger partial charge in [0.05, 0.1) is 23.3 Å². The van der Waals surface area contributed by atoms with Gasteiger partial charge in [-0.15, -0.1) is 0 Å². The normalized spacial score (nSPS) is 10.1. The first-order chi connectivity index (χ1) is 71.2. The summed E-state index contributed by atoms with van der Waals surface area (Å²) in [5.74, 6) is -6.65. The van der Waals surface area contributed by atoms with E-state index in [9.17, 15) is 70.2 Å². The molecule has 760 valence electrons. The molecule has 18 rings (SSSR count). The van der Waals surface area contributed by atoms with Gasteiger partial charge in [-0.2, -0.15) is 10.5 Å². The minimum absolute atomic E-state index is 0.136. The topological polar surface area (TPSA) is 131 Å². The van der Waals surface area contributed by atoms with E-state index in [4.69, 9.17) is 76.4 Å². The number of hydrogen-bond donors (Lipinski definition) is 0. The van der Waals surface area contributed by atoms with Gasteiger partial charge in [-0.05, 0) is 422 Å². The summed E-state index contributed by atoms with van der Waals surface area (Å²) in [5.41, 5.74) is 7.20. The minimum atomic E-state index is -0.785. The van der Waals surface area contributed by atoms with Crippen molar-refractivity contribution >= 4 is 39.1 Å². The maximum Gasteiger partial charge on any atom is 0.198 e. The largest absolute Gasteiger partial charge is 0.457 e. The number of nitriles is 2. The molecule has 11 nitrogen and oxygen atoms in total. The Kier molecular flexibility index (Phi) is 43.3. The molecule has 30 heteroatoms. The van der Waals surface area contributed by atoms with Crippen LogP contribution in [-0.4, -0.2) is 0 Å². The lowest BCUT2D eigenvalue weighted by Crippen LogP contribution is -1.93. The Balaban J connectivity index is 0.000000171. The lowest BCUT2D eigenvalue weighted by Gasteiger charge is -2.08. The van der Waals surface area contributed by atoms with E-state index in [2.05, 4.69) is 15.9 Å². The van der Waals surface area contributed by atoms with Crippen LogP contribution in [0.25, 0.3) is 0 Å². The number of aryl methyl sites for hydroxylation is 9. The summed E-state index contributed by atoms with van der Waals surface area (Å²) >= 11 is 14.7. The van der Waals surface area contributed by atoms with E-state index in [1.165, 1.54) is 157 Å². The zero-order valence-electron chi connectivity index (χ0n) is 80.4. The molecule has 0 amide bonds. The van der Waals surface area contributed by atoms with Gasteiger partial charge in [0.15, 0.2) is 122 Å². The van der Waals surface area contributed by atoms with E-state index in [0.29, 0.717) is 89.2 Å². The number of ether oxygens (including phenoxy) is 9. The van der Waals surface area contributed by atoms with Crippen molar-refractivity contribution in [1.29, 1.82) is 10.5 Å². The minimum Gasteiger partial charge on any atom is -0.457 e. The lowest BCUT2D eigenvalue weighted by molar-refractivity contribution is 0.406. The van der Waals surface area contributed by atoms with Crippen LogP contribution in [0.15, 0.2) is 368 Å². The number of rotatable bonds is 18. The fraction of sp³-hybridized carbons (Fsp3) is 0.0756. The predicted octanol–water partition coefficient (Wildman–Crippen LogP) is 38.1. The second-order valence-corrected chi connectivity index (χ2v) is 33.9. The highest BCUT2D eigenvalue weighted by Gasteiger charge is 2.20. The van der Waals surface area contributed by atoms with E-state index in [0.717, 1.165) is 39.0 Å². The summed E-state index contributed by atoms with van der Waals surface area (Å²) < 4.78 is 261. The standard InChI is InChI=1S/C14H9F2NO.C14H10FNO.C13H9BrF2O.C13H9ClF2O.C13H10ClFO.C13H9F3O.2C13H10F2O.C13H11FO/c1-9-6-12(15)14(13(16)7-9)18-11-4-2-10(8-17)3-5-11;1-10-2-7-14(13(15)8-10)17-12-5-3-11(9-16)4-6-12;2*1-8-6-11(15)13(12(16)7-8)17-10-4-2-9(14)3-5-10;1-9-2-7-13(12(15)8-9)16-11-5-3-10(14)4-6-11;1-8-6-11(15)13(12(16)7-8)17-10-4-2-9(14)3-5-10;1-9-2-7-13(12(15)8-9)16-11-5-3-10(14)4-6-11;1-9-7-11(14)13(12(15)8-9)16-10-5-3-2-4-6-10;1-10-2-6-12(7-3-10)15-13-8-4-11(14)5-9-13/h2-7H,1H3;2-8H,1H3;2*2-7H,1H3;2-8H,1H3;2-7H,1H3;2*2-8H,1H3;2-9H,1H3. The first-order valence-corrected chi connectivity index (χ1v) is 46.1. The molecule has 0 aromatic heterocycles. The van der Waals surface area contributed by atoms with Crippen LogP contribution in [0.4, 0.5) is 70.2 Å². The van der Waals surface area contributed by atoms with Gasteiger partial charge in [0, 0.05) is 14.5 Å². The molecular weight excluding hydrogens is 2060 g/mol. The van der Waals surface area contributed by atoms with Crippen molar-refractivity contribution in [2.75, 3.05) is 0 Å². The SMILES string of the molecule is Cc1cc(F)c(Oc2ccc(Br)cc2)c(F)c1.Cc1cc(F)c(Oc2ccc(C#N)cc2)c(F)c1.Cc1cc(F)c(Oc2ccc(Cl)cc2)c(F)c1.Cc1cc(F)c(Oc2ccc(F)cc2)c(F)c1.Cc1cc(F)c(Oc2ccccc2)c(F)c1.Cc1ccc(Oc2ccc(C#N)cc2)c(F)c1.Cc1ccc(Oc2ccc(Cl)cc2)c(F)c1.Cc1ccc(Oc2ccc(F)cc2)c(F)c1.Cc1ccc(Oc2ccc(F)cc2)cc1. The van der Waals surface area contributed by atoms with Gasteiger partial charge in [0.25, 0.3) is 0 Å². The predicted molar refractivity (Wildman–Crippen MR) is 546 cm³/mol. The fourth-order valence-electron chi connectivity index (χ4n) is 12.4. The van der Waals surface area contributed by atoms with Crippen molar-refractivity contribution in [2.45, 2.75) is 62.3 Å². The Morgan fingerprint density at radius 1 is 0.188 bits per heavy atom. The monoisotopic (exact) mass is 2140 g/mol. The molecule has 0 N–H and O–H groups in total. The zero-order valence-corrected chi connectivity index (χ0v) is 83.5. The molecule has 0 aliphatic carbocycles. The van der Waals surface area contributed by atoms with Crippen molar-refractivity contribution < 1.29 is 113 Å². The lowest BCUT2D eigenvalue weighted by atomic mass is 10.2. The molecule has 0 heterocycles. The van der Waals surface area contributed by atoms with Crippen molar-refractivity contribution in [3.05, 3.63) is 533 Å². The average molecular weight is 2140 g/mol. The highest BCUT2D eigenvalue weighted by molar-refractivity contribution is 9.10. The maximum absolute atomic E-state index is 13.5. The number of benzene rings is 18. The maximum atomic E-state index is 13.5. The first kappa shape index (κ1) is 114. The molecule has 0 saturated heterocycles. The molecule has 0 aliphatic rings. The summed E-state index contributed by atoms with van der Waals surface area (Å²) in [5, 5.41) is 18.4. The van der Waals surface area contributed by atoms with E-state index in [1.807, 2.05) is 57.2 Å². The number of hydrogen-bond acceptors (Lipinski definition) is 11. The molecule has 0 atom stereocenters. The van der Waals surface area contributed by atoms with Gasteiger partial charge in [-0.1, -0.05) is 93.2 Å². The molecule has 18 aromatic carbocycles. The summed E-state index contributed by atoms with van der Waals surface area (Å²) in [4.78, 5) is 0. The Labute approximate surface area is 867 Å². The Morgan fingerprint density at radius 2 is 0.369 bits per heavy atom. The number of halogens is 19. The van der Waals surface area contributed by atoms with Crippen LogP contribution in [0.3, 0.4) is 0 Å². The third kappa shape index (κ3) is 37.9. The van der Waals surface area contributed by atoms with Crippen molar-refractivity contribution in [3.8, 4) is 116 Å². The van der Waals surface area contributed by atoms with Gasteiger partial charge in [-0.3, -0.25) is 0 Å². The quantitative estimate of drug-likeness (QED) is 0.0761. The Bertz CT molecular complexity index is 7070. The van der Waals surface area contributed by atoms with E-state index >= 15 is 0 Å².